The highest BCUT2D eigenvalue weighted by Gasteiger charge is 2.18. The monoisotopic (exact) mass is 252 g/mol. The van der Waals surface area contributed by atoms with Crippen molar-refractivity contribution in [2.24, 2.45) is 5.92 Å². The van der Waals surface area contributed by atoms with Crippen molar-refractivity contribution in [2.45, 2.75) is 65.0 Å². The fourth-order valence-electron chi connectivity index (χ4n) is 2.73. The van der Waals surface area contributed by atoms with Gasteiger partial charge in [-0.1, -0.05) is 25.7 Å². The molecule has 2 rings (SSSR count). The predicted octanol–water partition coefficient (Wildman–Crippen LogP) is 3.90. The average molecular weight is 252 g/mol. The molecule has 1 saturated carbocycles. The van der Waals surface area contributed by atoms with Crippen molar-refractivity contribution < 1.29 is 0 Å². The quantitative estimate of drug-likeness (QED) is 0.822. The normalized spacial score (nSPS) is 20.1. The molecule has 1 fully saturated rings. The highest BCUT2D eigenvalue weighted by atomic mass is 32.1. The number of thiazole rings is 1. The van der Waals surface area contributed by atoms with Crippen LogP contribution in [-0.2, 0) is 6.54 Å². The van der Waals surface area contributed by atoms with Crippen LogP contribution in [0, 0.1) is 12.8 Å². The Labute approximate surface area is 109 Å². The number of aromatic nitrogens is 1. The topological polar surface area (TPSA) is 24.9 Å². The van der Waals surface area contributed by atoms with Crippen LogP contribution in [0.3, 0.4) is 0 Å². The first kappa shape index (κ1) is 13.0. The molecule has 0 unspecified atom stereocenters. The van der Waals surface area contributed by atoms with Gasteiger partial charge < -0.3 is 5.32 Å². The minimum absolute atomic E-state index is 0.649. The van der Waals surface area contributed by atoms with E-state index < -0.39 is 0 Å². The van der Waals surface area contributed by atoms with Gasteiger partial charge in [0, 0.05) is 23.7 Å². The van der Waals surface area contributed by atoms with Crippen molar-refractivity contribution in [3.05, 3.63) is 16.1 Å². The Hall–Kier alpha value is -0.410. The van der Waals surface area contributed by atoms with E-state index in [9.17, 15) is 0 Å². The van der Waals surface area contributed by atoms with Gasteiger partial charge in [0.1, 0.15) is 0 Å². The molecule has 96 valence electrons. The van der Waals surface area contributed by atoms with Gasteiger partial charge in [0.2, 0.25) is 0 Å². The van der Waals surface area contributed by atoms with Gasteiger partial charge in [0.05, 0.1) is 5.01 Å². The van der Waals surface area contributed by atoms with Crippen molar-refractivity contribution in [1.29, 1.82) is 0 Å². The Kier molecular flexibility index (Phi) is 4.99. The fraction of sp³-hybridized carbons (Fsp3) is 0.786. The molecule has 1 aliphatic rings. The smallest absolute Gasteiger partial charge is 0.0897 e. The number of hydrogen-bond donors (Lipinski definition) is 1. The largest absolute Gasteiger partial charge is 0.309 e. The number of hydrogen-bond acceptors (Lipinski definition) is 3. The van der Waals surface area contributed by atoms with Crippen molar-refractivity contribution in [3.8, 4) is 0 Å². The van der Waals surface area contributed by atoms with Gasteiger partial charge in [-0.05, 0) is 32.6 Å². The first-order chi connectivity index (χ1) is 8.25. The maximum absolute atomic E-state index is 4.30. The third kappa shape index (κ3) is 4.07. The lowest BCUT2D eigenvalue weighted by Gasteiger charge is -2.23. The van der Waals surface area contributed by atoms with E-state index in [1.54, 1.807) is 11.3 Å². The number of nitrogens with zero attached hydrogens (tertiary/aromatic N) is 1. The van der Waals surface area contributed by atoms with Gasteiger partial charge in [-0.3, -0.25) is 0 Å². The highest BCUT2D eigenvalue weighted by Crippen LogP contribution is 2.25. The fourth-order valence-corrected chi connectivity index (χ4v) is 3.47. The van der Waals surface area contributed by atoms with E-state index in [1.807, 2.05) is 6.20 Å². The molecule has 0 saturated heterocycles. The molecule has 2 nitrogen and oxygen atoms in total. The molecule has 0 amide bonds. The van der Waals surface area contributed by atoms with Gasteiger partial charge in [-0.15, -0.1) is 11.3 Å². The lowest BCUT2D eigenvalue weighted by Crippen LogP contribution is -2.32. The summed E-state index contributed by atoms with van der Waals surface area (Å²) in [6, 6.07) is 0.649. The Morgan fingerprint density at radius 1 is 1.35 bits per heavy atom. The van der Waals surface area contributed by atoms with Crippen LogP contribution in [0.5, 0.6) is 0 Å². The van der Waals surface area contributed by atoms with Gasteiger partial charge in [-0.2, -0.15) is 0 Å². The summed E-state index contributed by atoms with van der Waals surface area (Å²) in [6.45, 7) is 5.41. The summed E-state index contributed by atoms with van der Waals surface area (Å²) in [4.78, 5) is 5.66. The van der Waals surface area contributed by atoms with E-state index >= 15 is 0 Å². The van der Waals surface area contributed by atoms with E-state index in [2.05, 4.69) is 24.1 Å². The first-order valence-corrected chi connectivity index (χ1v) is 7.72. The van der Waals surface area contributed by atoms with Crippen LogP contribution in [0.4, 0.5) is 0 Å². The highest BCUT2D eigenvalue weighted by molar-refractivity contribution is 7.11. The zero-order valence-corrected chi connectivity index (χ0v) is 11.9. The third-order valence-corrected chi connectivity index (χ3v) is 4.79. The summed E-state index contributed by atoms with van der Waals surface area (Å²) in [7, 11) is 0. The summed E-state index contributed by atoms with van der Waals surface area (Å²) in [6.07, 6.45) is 10.6. The van der Waals surface area contributed by atoms with Crippen LogP contribution in [0.25, 0.3) is 0 Å². The van der Waals surface area contributed by atoms with Crippen LogP contribution in [-0.4, -0.2) is 11.0 Å². The summed E-state index contributed by atoms with van der Waals surface area (Å²) in [5.41, 5.74) is 0. The SMILES string of the molecule is Cc1ncc(CN[C@@H](C)C2CCCCCC2)s1. The van der Waals surface area contributed by atoms with Crippen molar-refractivity contribution >= 4 is 11.3 Å². The minimum atomic E-state index is 0.649. The second-order valence-electron chi connectivity index (χ2n) is 5.27. The molecular formula is C14H24N2S. The maximum Gasteiger partial charge on any atom is 0.0897 e. The van der Waals surface area contributed by atoms with E-state index in [0.717, 1.165) is 12.5 Å². The Balaban J connectivity index is 1.77. The molecule has 0 bridgehead atoms. The molecule has 0 spiro atoms. The molecular weight excluding hydrogens is 228 g/mol. The standard InChI is InChI=1S/C14H24N2S/c1-11(13-7-5-3-4-6-8-13)15-9-14-10-16-12(2)17-14/h10-11,13,15H,3-9H2,1-2H3/t11-/m0/s1. The molecule has 0 radical (unpaired) electrons. The van der Waals surface area contributed by atoms with Crippen molar-refractivity contribution in [3.63, 3.8) is 0 Å². The van der Waals surface area contributed by atoms with Gasteiger partial charge in [0.25, 0.3) is 0 Å². The summed E-state index contributed by atoms with van der Waals surface area (Å²) >= 11 is 1.81. The molecule has 0 aromatic carbocycles. The number of aryl methyl sites for hydroxylation is 1. The van der Waals surface area contributed by atoms with Gasteiger partial charge >= 0.3 is 0 Å². The lowest BCUT2D eigenvalue weighted by molar-refractivity contribution is 0.337. The van der Waals surface area contributed by atoms with Gasteiger partial charge in [-0.25, -0.2) is 4.98 Å². The first-order valence-electron chi connectivity index (χ1n) is 6.90. The predicted molar refractivity (Wildman–Crippen MR) is 74.3 cm³/mol. The molecule has 17 heavy (non-hydrogen) atoms. The molecule has 1 aliphatic carbocycles. The second kappa shape index (κ2) is 6.50. The van der Waals surface area contributed by atoms with Crippen LogP contribution in [0.15, 0.2) is 6.20 Å². The molecule has 1 aromatic rings. The molecule has 1 atom stereocenters. The summed E-state index contributed by atoms with van der Waals surface area (Å²) in [5, 5.41) is 4.85. The van der Waals surface area contributed by atoms with Crippen LogP contribution >= 0.6 is 11.3 Å². The Bertz CT molecular complexity index is 327. The second-order valence-corrected chi connectivity index (χ2v) is 6.59. The zero-order valence-electron chi connectivity index (χ0n) is 11.0. The van der Waals surface area contributed by atoms with Gasteiger partial charge in [0.15, 0.2) is 0 Å². The Morgan fingerprint density at radius 3 is 2.65 bits per heavy atom. The van der Waals surface area contributed by atoms with Crippen LogP contribution < -0.4 is 5.32 Å². The van der Waals surface area contributed by atoms with Crippen molar-refractivity contribution in [2.75, 3.05) is 0 Å². The number of nitrogens with one attached hydrogen (secondary N) is 1. The molecule has 0 aliphatic heterocycles. The van der Waals surface area contributed by atoms with Crippen molar-refractivity contribution in [1.82, 2.24) is 10.3 Å². The van der Waals surface area contributed by atoms with Crippen LogP contribution in [0.1, 0.15) is 55.3 Å². The number of rotatable bonds is 4. The van der Waals surface area contributed by atoms with E-state index in [-0.39, 0.29) is 0 Å². The van der Waals surface area contributed by atoms with E-state index in [0.29, 0.717) is 6.04 Å². The molecule has 1 N–H and O–H groups in total. The zero-order chi connectivity index (χ0) is 12.1. The summed E-state index contributed by atoms with van der Waals surface area (Å²) in [5.74, 6) is 0.881. The summed E-state index contributed by atoms with van der Waals surface area (Å²) < 4.78 is 0. The Morgan fingerprint density at radius 2 is 2.06 bits per heavy atom. The maximum atomic E-state index is 4.30. The van der Waals surface area contributed by atoms with Crippen LogP contribution in [0.2, 0.25) is 0 Å². The van der Waals surface area contributed by atoms with E-state index in [4.69, 9.17) is 0 Å². The minimum Gasteiger partial charge on any atom is -0.309 e. The molecule has 3 heteroatoms. The van der Waals surface area contributed by atoms with E-state index in [1.165, 1.54) is 48.4 Å². The molecule has 1 heterocycles. The third-order valence-electron chi connectivity index (χ3n) is 3.87. The molecule has 1 aromatic heterocycles. The lowest BCUT2D eigenvalue weighted by atomic mass is 9.93. The average Bonchev–Trinajstić information content (AvgIpc) is 2.58.